The van der Waals surface area contributed by atoms with Gasteiger partial charge < -0.3 is 14.8 Å². The molecule has 0 fully saturated rings. The first kappa shape index (κ1) is 19.3. The maximum Gasteiger partial charge on any atom is 0.407 e. The largest absolute Gasteiger partial charge is 0.461 e. The molecule has 0 aliphatic carbocycles. The lowest BCUT2D eigenvalue weighted by atomic mass is 9.88. The summed E-state index contributed by atoms with van der Waals surface area (Å²) >= 11 is 0. The topological polar surface area (TPSA) is 81.7 Å². The summed E-state index contributed by atoms with van der Waals surface area (Å²) in [5.74, 6) is -2.98. The Balaban J connectivity index is 3.24. The van der Waals surface area contributed by atoms with Crippen LogP contribution in [-0.2, 0) is 19.1 Å². The number of esters is 1. The van der Waals surface area contributed by atoms with Crippen LogP contribution >= 0.6 is 0 Å². The number of carbonyl (C=O) groups excluding carboxylic acids is 3. The van der Waals surface area contributed by atoms with E-state index in [0.29, 0.717) is 5.56 Å². The van der Waals surface area contributed by atoms with Crippen molar-refractivity contribution >= 4 is 17.8 Å². The third-order valence-corrected chi connectivity index (χ3v) is 3.31. The smallest absolute Gasteiger partial charge is 0.407 e. The average Bonchev–Trinajstić information content (AvgIpc) is 2.59. The van der Waals surface area contributed by atoms with E-state index in [2.05, 4.69) is 16.6 Å². The van der Waals surface area contributed by atoms with Gasteiger partial charge in [0.1, 0.15) is 24.1 Å². The minimum Gasteiger partial charge on any atom is -0.461 e. The molecule has 1 aromatic rings. The molecule has 130 valence electrons. The van der Waals surface area contributed by atoms with Gasteiger partial charge in [-0.3, -0.25) is 9.59 Å². The summed E-state index contributed by atoms with van der Waals surface area (Å²) in [5.41, 5.74) is 0.379. The third kappa shape index (κ3) is 5.19. The van der Waals surface area contributed by atoms with Gasteiger partial charge in [-0.05, 0) is 17.7 Å². The van der Waals surface area contributed by atoms with Crippen LogP contribution in [0.1, 0.15) is 24.9 Å². The van der Waals surface area contributed by atoms with Crippen molar-refractivity contribution in [1.82, 2.24) is 5.32 Å². The van der Waals surface area contributed by atoms with Crippen molar-refractivity contribution in [3.8, 4) is 0 Å². The van der Waals surface area contributed by atoms with E-state index in [0.717, 1.165) is 7.11 Å². The van der Waals surface area contributed by atoms with Crippen LogP contribution < -0.4 is 5.32 Å². The SMILES string of the molecule is C=CCOC(=O)C(C(=O)CC)[C@@H](NC(=O)OC)c1ccc(F)cc1. The number of ether oxygens (including phenoxy) is 2. The highest BCUT2D eigenvalue weighted by Gasteiger charge is 2.37. The van der Waals surface area contributed by atoms with Crippen LogP contribution in [0.4, 0.5) is 9.18 Å². The van der Waals surface area contributed by atoms with Gasteiger partial charge in [0, 0.05) is 6.42 Å². The lowest BCUT2D eigenvalue weighted by Gasteiger charge is -2.25. The van der Waals surface area contributed by atoms with E-state index in [4.69, 9.17) is 4.74 Å². The summed E-state index contributed by atoms with van der Waals surface area (Å²) in [6, 6.07) is 4.07. The van der Waals surface area contributed by atoms with Crippen molar-refractivity contribution in [1.29, 1.82) is 0 Å². The van der Waals surface area contributed by atoms with Gasteiger partial charge in [0.15, 0.2) is 0 Å². The molecule has 0 saturated carbocycles. The van der Waals surface area contributed by atoms with Gasteiger partial charge in [-0.15, -0.1) is 0 Å². The normalized spacial score (nSPS) is 12.6. The number of halogens is 1. The summed E-state index contributed by atoms with van der Waals surface area (Å²) in [5, 5.41) is 2.44. The molecule has 0 heterocycles. The fourth-order valence-electron chi connectivity index (χ4n) is 2.12. The maximum absolute atomic E-state index is 13.1. The number of methoxy groups -OCH3 is 1. The highest BCUT2D eigenvalue weighted by atomic mass is 19.1. The first-order valence-corrected chi connectivity index (χ1v) is 7.34. The summed E-state index contributed by atoms with van der Waals surface area (Å²) in [4.78, 5) is 36.2. The standard InChI is InChI=1S/C17H20FNO5/c1-4-10-24-16(21)14(13(20)5-2)15(19-17(22)23-3)11-6-8-12(18)9-7-11/h4,6-9,14-15H,1,5,10H2,2-3H3,(H,19,22)/t14?,15-/m0/s1. The van der Waals surface area contributed by atoms with Crippen molar-refractivity contribution in [3.05, 3.63) is 48.3 Å². The zero-order valence-corrected chi connectivity index (χ0v) is 13.6. The first-order valence-electron chi connectivity index (χ1n) is 7.34. The molecule has 0 bridgehead atoms. The number of hydrogen-bond acceptors (Lipinski definition) is 5. The second kappa shape index (κ2) is 9.44. The first-order chi connectivity index (χ1) is 11.4. The average molecular weight is 337 g/mol. The number of nitrogens with one attached hydrogen (secondary N) is 1. The molecule has 0 saturated heterocycles. The van der Waals surface area contributed by atoms with E-state index in [1.165, 1.54) is 30.3 Å². The fourth-order valence-corrected chi connectivity index (χ4v) is 2.12. The lowest BCUT2D eigenvalue weighted by Crippen LogP contribution is -2.41. The van der Waals surface area contributed by atoms with E-state index >= 15 is 0 Å². The van der Waals surface area contributed by atoms with Crippen molar-refractivity contribution in [2.75, 3.05) is 13.7 Å². The van der Waals surface area contributed by atoms with E-state index in [-0.39, 0.29) is 13.0 Å². The van der Waals surface area contributed by atoms with Crippen LogP contribution in [0.3, 0.4) is 0 Å². The molecule has 0 spiro atoms. The summed E-state index contributed by atoms with van der Waals surface area (Å²) in [6.45, 7) is 4.96. The molecule has 0 aliphatic rings. The Labute approximate surface area is 139 Å². The van der Waals surface area contributed by atoms with E-state index < -0.39 is 35.6 Å². The Morgan fingerprint density at radius 2 is 1.92 bits per heavy atom. The van der Waals surface area contributed by atoms with Gasteiger partial charge in [0.2, 0.25) is 0 Å². The van der Waals surface area contributed by atoms with Crippen molar-refractivity contribution in [3.63, 3.8) is 0 Å². The molecule has 24 heavy (non-hydrogen) atoms. The maximum atomic E-state index is 13.1. The van der Waals surface area contributed by atoms with Crippen LogP contribution in [0.25, 0.3) is 0 Å². The van der Waals surface area contributed by atoms with Crippen molar-refractivity contribution in [2.45, 2.75) is 19.4 Å². The van der Waals surface area contributed by atoms with E-state index in [9.17, 15) is 18.8 Å². The minimum absolute atomic E-state index is 0.0639. The number of rotatable bonds is 8. The van der Waals surface area contributed by atoms with E-state index in [1.807, 2.05) is 0 Å². The molecular formula is C17H20FNO5. The molecule has 0 aromatic heterocycles. The molecule has 0 radical (unpaired) electrons. The highest BCUT2D eigenvalue weighted by Crippen LogP contribution is 2.26. The molecule has 1 N–H and O–H groups in total. The summed E-state index contributed by atoms with van der Waals surface area (Å²) in [6.07, 6.45) is 0.607. The minimum atomic E-state index is -1.28. The lowest BCUT2D eigenvalue weighted by molar-refractivity contribution is -0.152. The second-order valence-electron chi connectivity index (χ2n) is 4.88. The Hall–Kier alpha value is -2.70. The molecule has 1 aromatic carbocycles. The monoisotopic (exact) mass is 337 g/mol. The number of benzene rings is 1. The van der Waals surface area contributed by atoms with Crippen LogP contribution in [0.15, 0.2) is 36.9 Å². The number of ketones is 1. The molecule has 0 aliphatic heterocycles. The molecule has 7 heteroatoms. The number of Topliss-reactive ketones (excluding diaryl/α,β-unsaturated/α-hetero) is 1. The molecule has 1 unspecified atom stereocenters. The molecule has 1 rings (SSSR count). The summed E-state index contributed by atoms with van der Waals surface area (Å²) in [7, 11) is 1.16. The zero-order chi connectivity index (χ0) is 18.1. The van der Waals surface area contributed by atoms with Gasteiger partial charge in [-0.1, -0.05) is 31.7 Å². The van der Waals surface area contributed by atoms with Crippen LogP contribution in [0.2, 0.25) is 0 Å². The number of hydrogen-bond donors (Lipinski definition) is 1. The van der Waals surface area contributed by atoms with Gasteiger partial charge >= 0.3 is 12.1 Å². The van der Waals surface area contributed by atoms with Crippen LogP contribution in [0.5, 0.6) is 0 Å². The van der Waals surface area contributed by atoms with Crippen LogP contribution in [-0.4, -0.2) is 31.6 Å². The molecular weight excluding hydrogens is 317 g/mol. The number of alkyl carbamates (subject to hydrolysis) is 1. The van der Waals surface area contributed by atoms with Crippen molar-refractivity contribution < 1.29 is 28.2 Å². The number of carbonyl (C=O) groups is 3. The van der Waals surface area contributed by atoms with Gasteiger partial charge in [-0.25, -0.2) is 9.18 Å². The summed E-state index contributed by atoms with van der Waals surface area (Å²) < 4.78 is 22.7. The molecule has 1 amide bonds. The predicted molar refractivity (Wildman–Crippen MR) is 84.6 cm³/mol. The Kier molecular flexibility index (Phi) is 7.61. The van der Waals surface area contributed by atoms with Gasteiger partial charge in [0.05, 0.1) is 13.2 Å². The van der Waals surface area contributed by atoms with Crippen molar-refractivity contribution in [2.24, 2.45) is 5.92 Å². The Morgan fingerprint density at radius 1 is 1.29 bits per heavy atom. The van der Waals surface area contributed by atoms with Crippen LogP contribution in [0, 0.1) is 11.7 Å². The second-order valence-corrected chi connectivity index (χ2v) is 4.88. The Morgan fingerprint density at radius 3 is 2.42 bits per heavy atom. The third-order valence-electron chi connectivity index (χ3n) is 3.31. The predicted octanol–water partition coefficient (Wildman–Crippen LogP) is 2.55. The fraction of sp³-hybridized carbons (Fsp3) is 0.353. The molecule has 2 atom stereocenters. The zero-order valence-electron chi connectivity index (χ0n) is 13.6. The highest BCUT2D eigenvalue weighted by molar-refractivity contribution is 6.00. The molecule has 6 nitrogen and oxygen atoms in total. The van der Waals surface area contributed by atoms with E-state index in [1.54, 1.807) is 6.92 Å². The van der Waals surface area contributed by atoms with Gasteiger partial charge in [0.25, 0.3) is 0 Å². The Bertz CT molecular complexity index is 600. The van der Waals surface area contributed by atoms with Gasteiger partial charge in [-0.2, -0.15) is 0 Å². The number of amides is 1. The quantitative estimate of drug-likeness (QED) is 0.448.